The van der Waals surface area contributed by atoms with Crippen LogP contribution in [0.25, 0.3) is 0 Å². The Bertz CT molecular complexity index is 687. The van der Waals surface area contributed by atoms with Gasteiger partial charge in [-0.05, 0) is 24.6 Å². The quantitative estimate of drug-likeness (QED) is 0.483. The van der Waals surface area contributed by atoms with Gasteiger partial charge in [0.25, 0.3) is 0 Å². The van der Waals surface area contributed by atoms with Crippen molar-refractivity contribution < 1.29 is 19.1 Å². The van der Waals surface area contributed by atoms with Crippen LogP contribution in [-0.2, 0) is 9.53 Å². The van der Waals surface area contributed by atoms with E-state index in [0.717, 1.165) is 0 Å². The zero-order valence-electron chi connectivity index (χ0n) is 12.4. The third kappa shape index (κ3) is 3.28. The standard InChI is InChI=1S/C18H16O4/c1-12(19)16(17(20)14-6-4-3-5-7-14)13-8-10-15(11-9-13)18(21)22-2/h3-11,16H,1-2H3. The van der Waals surface area contributed by atoms with Crippen molar-refractivity contribution in [1.29, 1.82) is 0 Å². The minimum absolute atomic E-state index is 0.236. The molecule has 0 saturated carbocycles. The Morgan fingerprint density at radius 1 is 0.864 bits per heavy atom. The minimum Gasteiger partial charge on any atom is -0.465 e. The number of Topliss-reactive ketones (excluding diaryl/α,β-unsaturated/α-hetero) is 2. The van der Waals surface area contributed by atoms with Crippen molar-refractivity contribution in [2.45, 2.75) is 12.8 Å². The summed E-state index contributed by atoms with van der Waals surface area (Å²) in [4.78, 5) is 35.9. The Morgan fingerprint density at radius 3 is 1.95 bits per heavy atom. The van der Waals surface area contributed by atoms with Crippen LogP contribution in [0.2, 0.25) is 0 Å². The van der Waals surface area contributed by atoms with E-state index in [4.69, 9.17) is 0 Å². The van der Waals surface area contributed by atoms with E-state index >= 15 is 0 Å². The fraction of sp³-hybridized carbons (Fsp3) is 0.167. The van der Waals surface area contributed by atoms with Gasteiger partial charge in [-0.15, -0.1) is 0 Å². The van der Waals surface area contributed by atoms with Crippen LogP contribution in [-0.4, -0.2) is 24.6 Å². The number of ether oxygens (including phenoxy) is 1. The first-order valence-corrected chi connectivity index (χ1v) is 6.82. The average molecular weight is 296 g/mol. The molecule has 0 N–H and O–H groups in total. The summed E-state index contributed by atoms with van der Waals surface area (Å²) in [6, 6.07) is 15.0. The molecular weight excluding hydrogens is 280 g/mol. The number of ketones is 2. The molecule has 0 radical (unpaired) electrons. The van der Waals surface area contributed by atoms with Crippen molar-refractivity contribution in [2.24, 2.45) is 0 Å². The predicted octanol–water partition coefficient (Wildman–Crippen LogP) is 3.03. The van der Waals surface area contributed by atoms with Gasteiger partial charge in [0.15, 0.2) is 5.78 Å². The Morgan fingerprint density at radius 2 is 1.45 bits per heavy atom. The molecule has 4 nitrogen and oxygen atoms in total. The fourth-order valence-electron chi connectivity index (χ4n) is 2.27. The third-order valence-corrected chi connectivity index (χ3v) is 3.39. The molecule has 0 bridgehead atoms. The molecule has 0 spiro atoms. The molecule has 4 heteroatoms. The van der Waals surface area contributed by atoms with Crippen molar-refractivity contribution in [1.82, 2.24) is 0 Å². The Balaban J connectivity index is 2.35. The highest BCUT2D eigenvalue weighted by atomic mass is 16.5. The summed E-state index contributed by atoms with van der Waals surface area (Å²) in [6.45, 7) is 1.39. The fourth-order valence-corrected chi connectivity index (χ4v) is 2.27. The molecule has 1 atom stereocenters. The van der Waals surface area contributed by atoms with Gasteiger partial charge in [0.1, 0.15) is 11.7 Å². The van der Waals surface area contributed by atoms with Crippen LogP contribution >= 0.6 is 0 Å². The van der Waals surface area contributed by atoms with E-state index in [0.29, 0.717) is 16.7 Å². The first-order valence-electron chi connectivity index (χ1n) is 6.82. The summed E-state index contributed by atoms with van der Waals surface area (Å²) in [7, 11) is 1.30. The molecule has 0 aliphatic heterocycles. The molecule has 0 aliphatic rings. The summed E-state index contributed by atoms with van der Waals surface area (Å²) in [5.74, 6) is -1.81. The molecule has 0 aliphatic carbocycles. The molecule has 112 valence electrons. The average Bonchev–Trinajstić information content (AvgIpc) is 2.55. The largest absolute Gasteiger partial charge is 0.465 e. The van der Waals surface area contributed by atoms with Gasteiger partial charge in [0.2, 0.25) is 0 Å². The van der Waals surface area contributed by atoms with E-state index in [1.807, 2.05) is 6.07 Å². The summed E-state index contributed by atoms with van der Waals surface area (Å²) >= 11 is 0. The zero-order chi connectivity index (χ0) is 16.1. The maximum absolute atomic E-state index is 12.5. The molecule has 2 aromatic carbocycles. The van der Waals surface area contributed by atoms with Gasteiger partial charge in [0.05, 0.1) is 12.7 Å². The first kappa shape index (κ1) is 15.6. The van der Waals surface area contributed by atoms with Crippen molar-refractivity contribution >= 4 is 17.5 Å². The summed E-state index contributed by atoms with van der Waals surface area (Å²) in [6.07, 6.45) is 0. The number of carbonyl (C=O) groups excluding carboxylic acids is 3. The smallest absolute Gasteiger partial charge is 0.337 e. The SMILES string of the molecule is COC(=O)c1ccc(C(C(C)=O)C(=O)c2ccccc2)cc1. The van der Waals surface area contributed by atoms with Gasteiger partial charge in [-0.2, -0.15) is 0 Å². The maximum Gasteiger partial charge on any atom is 0.337 e. The van der Waals surface area contributed by atoms with Gasteiger partial charge in [-0.25, -0.2) is 4.79 Å². The van der Waals surface area contributed by atoms with Gasteiger partial charge >= 0.3 is 5.97 Å². The lowest BCUT2D eigenvalue weighted by atomic mass is 9.87. The van der Waals surface area contributed by atoms with Crippen molar-refractivity contribution in [3.63, 3.8) is 0 Å². The molecule has 0 saturated heterocycles. The highest BCUT2D eigenvalue weighted by Crippen LogP contribution is 2.23. The molecular formula is C18H16O4. The number of rotatable bonds is 5. The molecule has 2 rings (SSSR count). The van der Waals surface area contributed by atoms with Gasteiger partial charge in [-0.1, -0.05) is 42.5 Å². The number of hydrogen-bond donors (Lipinski definition) is 0. The molecule has 1 unspecified atom stereocenters. The van der Waals surface area contributed by atoms with E-state index in [1.54, 1.807) is 48.5 Å². The summed E-state index contributed by atoms with van der Waals surface area (Å²) < 4.78 is 4.63. The van der Waals surface area contributed by atoms with Crippen LogP contribution < -0.4 is 0 Å². The van der Waals surface area contributed by atoms with Crippen LogP contribution in [0.4, 0.5) is 0 Å². The molecule has 0 amide bonds. The number of carbonyl (C=O) groups is 3. The second kappa shape index (κ2) is 6.80. The molecule has 22 heavy (non-hydrogen) atoms. The Kier molecular flexibility index (Phi) is 4.84. The van der Waals surface area contributed by atoms with E-state index in [-0.39, 0.29) is 11.6 Å². The van der Waals surface area contributed by atoms with E-state index in [9.17, 15) is 14.4 Å². The van der Waals surface area contributed by atoms with Gasteiger partial charge in [0, 0.05) is 5.56 Å². The Labute approximate surface area is 128 Å². The molecule has 0 heterocycles. The predicted molar refractivity (Wildman–Crippen MR) is 82.0 cm³/mol. The lowest BCUT2D eigenvalue weighted by molar-refractivity contribution is -0.117. The number of methoxy groups -OCH3 is 1. The molecule has 2 aromatic rings. The van der Waals surface area contributed by atoms with Crippen LogP contribution in [0.5, 0.6) is 0 Å². The van der Waals surface area contributed by atoms with Crippen LogP contribution in [0.3, 0.4) is 0 Å². The lowest BCUT2D eigenvalue weighted by Gasteiger charge is -2.13. The van der Waals surface area contributed by atoms with Crippen molar-refractivity contribution in [3.05, 3.63) is 71.3 Å². The summed E-state index contributed by atoms with van der Waals surface area (Å²) in [5, 5.41) is 0. The normalized spacial score (nSPS) is 11.5. The minimum atomic E-state index is -0.867. The van der Waals surface area contributed by atoms with Gasteiger partial charge in [-0.3, -0.25) is 9.59 Å². The second-order valence-electron chi connectivity index (χ2n) is 4.89. The van der Waals surface area contributed by atoms with E-state index in [1.165, 1.54) is 14.0 Å². The first-order chi connectivity index (χ1) is 10.5. The van der Waals surface area contributed by atoms with Crippen molar-refractivity contribution in [3.8, 4) is 0 Å². The highest BCUT2D eigenvalue weighted by Gasteiger charge is 2.26. The molecule has 0 aromatic heterocycles. The van der Waals surface area contributed by atoms with Gasteiger partial charge < -0.3 is 4.74 Å². The number of benzene rings is 2. The molecule has 0 fully saturated rings. The third-order valence-electron chi connectivity index (χ3n) is 3.39. The van der Waals surface area contributed by atoms with Crippen LogP contribution in [0.15, 0.2) is 54.6 Å². The summed E-state index contributed by atoms with van der Waals surface area (Å²) in [5.41, 5.74) is 1.43. The monoisotopic (exact) mass is 296 g/mol. The van der Waals surface area contributed by atoms with Crippen LogP contribution in [0.1, 0.15) is 39.1 Å². The second-order valence-corrected chi connectivity index (χ2v) is 4.89. The highest BCUT2D eigenvalue weighted by molar-refractivity contribution is 6.14. The van der Waals surface area contributed by atoms with E-state index in [2.05, 4.69) is 4.74 Å². The van der Waals surface area contributed by atoms with Crippen molar-refractivity contribution in [2.75, 3.05) is 7.11 Å². The zero-order valence-corrected chi connectivity index (χ0v) is 12.4. The van der Waals surface area contributed by atoms with E-state index < -0.39 is 11.9 Å². The maximum atomic E-state index is 12.5. The Hall–Kier alpha value is -2.75. The number of hydrogen-bond acceptors (Lipinski definition) is 4. The number of esters is 1. The lowest BCUT2D eigenvalue weighted by Crippen LogP contribution is -2.20. The van der Waals surface area contributed by atoms with Crippen LogP contribution in [0, 0.1) is 0 Å². The topological polar surface area (TPSA) is 60.4 Å².